The Hall–Kier alpha value is -7.44. The van der Waals surface area contributed by atoms with Crippen LogP contribution < -0.4 is 5.73 Å². The zero-order chi connectivity index (χ0) is 42.6. The standard InChI is InChI=1S/C10H12N2O4.C10H14N2O2.C8H7NO5.C8H8O3/c1-6-4-5-7(12(15)16)9(13)8(6)10(14)11(2)3;1-6-4-5-7(11)9(13)8(6)10(14)12(2)3;1-4-2-3-5(9(13)14)7(10)6(4)8(11)12;1-5-3-2-4-6(9)7(5)8(10)11/h4-5,13H,1-3H3;4-5,13H,11H2,1-3H3;2-3,10H,1H3,(H,11,12);2-4,9H,1H3,(H,10,11). The van der Waals surface area contributed by atoms with Crippen molar-refractivity contribution in [3.05, 3.63) is 119 Å². The fourth-order valence-corrected chi connectivity index (χ4v) is 4.55. The molecule has 0 spiro atoms. The van der Waals surface area contributed by atoms with Crippen molar-refractivity contribution < 1.29 is 59.7 Å². The van der Waals surface area contributed by atoms with E-state index in [2.05, 4.69) is 0 Å². The van der Waals surface area contributed by atoms with Gasteiger partial charge in [-0.1, -0.05) is 30.3 Å². The van der Waals surface area contributed by atoms with Gasteiger partial charge < -0.3 is 46.2 Å². The molecular weight excluding hydrogens is 726 g/mol. The Kier molecular flexibility index (Phi) is 16.1. The van der Waals surface area contributed by atoms with E-state index in [0.717, 1.165) is 11.6 Å². The van der Waals surface area contributed by atoms with Gasteiger partial charge in [-0.2, -0.15) is 0 Å². The van der Waals surface area contributed by atoms with Crippen LogP contribution in [0.15, 0.2) is 54.6 Å². The molecule has 0 heterocycles. The van der Waals surface area contributed by atoms with Crippen molar-refractivity contribution >= 4 is 40.8 Å². The van der Waals surface area contributed by atoms with E-state index in [-0.39, 0.29) is 45.3 Å². The topological polar surface area (TPSA) is 308 Å². The van der Waals surface area contributed by atoms with Crippen molar-refractivity contribution in [2.24, 2.45) is 0 Å². The minimum Gasteiger partial charge on any atom is -0.507 e. The first-order valence-corrected chi connectivity index (χ1v) is 15.6. The zero-order valence-corrected chi connectivity index (χ0v) is 31.0. The van der Waals surface area contributed by atoms with Crippen LogP contribution in [0.5, 0.6) is 23.0 Å². The second-order valence-corrected chi connectivity index (χ2v) is 11.9. The van der Waals surface area contributed by atoms with Crippen molar-refractivity contribution in [2.75, 3.05) is 33.9 Å². The summed E-state index contributed by atoms with van der Waals surface area (Å²) in [5.74, 6) is -4.89. The van der Waals surface area contributed by atoms with Gasteiger partial charge in [-0.25, -0.2) is 9.59 Å². The number of rotatable bonds is 6. The van der Waals surface area contributed by atoms with E-state index in [1.54, 1.807) is 59.1 Å². The Morgan fingerprint density at radius 1 is 0.545 bits per heavy atom. The van der Waals surface area contributed by atoms with Gasteiger partial charge in [0.2, 0.25) is 11.5 Å². The Bertz CT molecular complexity index is 2110. The molecule has 0 aromatic heterocycles. The number of nitrogens with two attached hydrogens (primary N) is 1. The predicted molar refractivity (Wildman–Crippen MR) is 199 cm³/mol. The molecule has 19 heteroatoms. The Labute approximate surface area is 314 Å². The molecule has 0 aliphatic heterocycles. The minimum absolute atomic E-state index is 0.0208. The van der Waals surface area contributed by atoms with Crippen LogP contribution in [0.2, 0.25) is 0 Å². The monoisotopic (exact) mass is 767 g/mol. The molecule has 0 unspecified atom stereocenters. The average molecular weight is 768 g/mol. The Morgan fingerprint density at radius 2 is 0.891 bits per heavy atom. The number of nitro benzene ring substituents is 2. The second kappa shape index (κ2) is 19.4. The van der Waals surface area contributed by atoms with E-state index in [4.69, 9.17) is 21.1 Å². The predicted octanol–water partition coefficient (Wildman–Crippen LogP) is 5.00. The number of phenols is 4. The molecule has 0 aliphatic carbocycles. The number of carbonyl (C=O) groups excluding carboxylic acids is 2. The van der Waals surface area contributed by atoms with Gasteiger partial charge >= 0.3 is 23.3 Å². The van der Waals surface area contributed by atoms with Crippen LogP contribution in [0, 0.1) is 47.9 Å². The molecule has 0 saturated carbocycles. The fraction of sp³-hybridized carbons (Fsp3) is 0.222. The van der Waals surface area contributed by atoms with Gasteiger partial charge in [0, 0.05) is 40.3 Å². The van der Waals surface area contributed by atoms with Gasteiger partial charge in [-0.05, 0) is 62.1 Å². The maximum atomic E-state index is 11.7. The third-order valence-electron chi connectivity index (χ3n) is 7.46. The van der Waals surface area contributed by atoms with E-state index in [1.807, 2.05) is 0 Å². The molecule has 4 rings (SSSR count). The van der Waals surface area contributed by atoms with Gasteiger partial charge in [0.25, 0.3) is 11.8 Å². The van der Waals surface area contributed by atoms with Crippen molar-refractivity contribution in [2.45, 2.75) is 27.7 Å². The largest absolute Gasteiger partial charge is 0.507 e. The molecule has 0 bridgehead atoms. The Morgan fingerprint density at radius 3 is 1.24 bits per heavy atom. The quantitative estimate of drug-likeness (QED) is 0.0587. The number of amides is 2. The average Bonchev–Trinajstić information content (AvgIpc) is 3.06. The lowest BCUT2D eigenvalue weighted by atomic mass is 10.1. The number of phenolic OH excluding ortho intramolecular Hbond substituents is 2. The zero-order valence-electron chi connectivity index (χ0n) is 31.0. The number of anilines is 1. The molecule has 55 heavy (non-hydrogen) atoms. The number of nitro groups is 2. The molecule has 294 valence electrons. The number of hydrogen-bond acceptors (Lipinski definition) is 13. The summed E-state index contributed by atoms with van der Waals surface area (Å²) in [6.07, 6.45) is 0. The second-order valence-electron chi connectivity index (χ2n) is 11.9. The maximum Gasteiger partial charge on any atom is 0.340 e. The van der Waals surface area contributed by atoms with Gasteiger partial charge in [0.1, 0.15) is 16.9 Å². The van der Waals surface area contributed by atoms with Crippen molar-refractivity contribution in [1.29, 1.82) is 0 Å². The lowest BCUT2D eigenvalue weighted by molar-refractivity contribution is -0.386. The fourth-order valence-electron chi connectivity index (χ4n) is 4.55. The van der Waals surface area contributed by atoms with Crippen LogP contribution >= 0.6 is 0 Å². The molecule has 0 radical (unpaired) electrons. The Balaban J connectivity index is 0.000000369. The van der Waals surface area contributed by atoms with Crippen LogP contribution in [0.4, 0.5) is 17.1 Å². The first kappa shape index (κ1) is 45.6. The molecule has 0 fully saturated rings. The minimum atomic E-state index is -1.39. The summed E-state index contributed by atoms with van der Waals surface area (Å²) >= 11 is 0. The highest BCUT2D eigenvalue weighted by molar-refractivity contribution is 6.00. The molecule has 4 aromatic carbocycles. The van der Waals surface area contributed by atoms with E-state index in [1.165, 1.54) is 55.1 Å². The molecule has 19 nitrogen and oxygen atoms in total. The molecule has 8 N–H and O–H groups in total. The van der Waals surface area contributed by atoms with E-state index in [0.29, 0.717) is 11.1 Å². The van der Waals surface area contributed by atoms with E-state index in [9.17, 15) is 54.7 Å². The highest BCUT2D eigenvalue weighted by atomic mass is 16.6. The first-order valence-electron chi connectivity index (χ1n) is 15.6. The summed E-state index contributed by atoms with van der Waals surface area (Å²) in [7, 11) is 6.29. The third-order valence-corrected chi connectivity index (χ3v) is 7.46. The number of carboxylic acids is 2. The van der Waals surface area contributed by atoms with Gasteiger partial charge in [-0.15, -0.1) is 0 Å². The summed E-state index contributed by atoms with van der Waals surface area (Å²) in [4.78, 5) is 66.5. The van der Waals surface area contributed by atoms with Crippen molar-refractivity contribution in [3.8, 4) is 23.0 Å². The van der Waals surface area contributed by atoms with Gasteiger partial charge in [0.05, 0.1) is 26.7 Å². The van der Waals surface area contributed by atoms with Crippen LogP contribution in [0.25, 0.3) is 0 Å². The number of nitrogens with zero attached hydrogens (tertiary/aromatic N) is 4. The van der Waals surface area contributed by atoms with Crippen molar-refractivity contribution in [3.63, 3.8) is 0 Å². The number of carboxylic acid groups (broad SMARTS) is 2. The van der Waals surface area contributed by atoms with Crippen molar-refractivity contribution in [1.82, 2.24) is 9.80 Å². The molecule has 0 atom stereocenters. The van der Waals surface area contributed by atoms with E-state index >= 15 is 0 Å². The number of carbonyl (C=O) groups is 4. The summed E-state index contributed by atoms with van der Waals surface area (Å²) in [6, 6.07) is 12.9. The van der Waals surface area contributed by atoms with E-state index < -0.39 is 56.1 Å². The summed E-state index contributed by atoms with van der Waals surface area (Å²) in [6.45, 7) is 6.46. The molecule has 2 amide bonds. The third kappa shape index (κ3) is 11.5. The summed E-state index contributed by atoms with van der Waals surface area (Å²) in [5, 5.41) is 75.9. The van der Waals surface area contributed by atoms with Crippen LogP contribution in [-0.2, 0) is 0 Å². The highest BCUT2D eigenvalue weighted by Crippen LogP contribution is 2.33. The smallest absolute Gasteiger partial charge is 0.340 e. The SMILES string of the molecule is Cc1ccc(N)c(O)c1C(=O)N(C)C.Cc1ccc([N+](=O)[O-])c(O)c1C(=O)N(C)C.Cc1ccc([N+](=O)[O-])c(O)c1C(=O)O.Cc1cccc(O)c1C(=O)O. The molecular formula is C36H41N5O14. The number of benzene rings is 4. The van der Waals surface area contributed by atoms with Crippen LogP contribution in [0.3, 0.4) is 0 Å². The first-order chi connectivity index (χ1) is 25.4. The highest BCUT2D eigenvalue weighted by Gasteiger charge is 2.25. The number of aryl methyl sites for hydroxylation is 4. The summed E-state index contributed by atoms with van der Waals surface area (Å²) < 4.78 is 0. The van der Waals surface area contributed by atoms with Gasteiger partial charge in [-0.3, -0.25) is 29.8 Å². The van der Waals surface area contributed by atoms with Crippen LogP contribution in [-0.4, -0.2) is 102 Å². The number of aromatic carboxylic acids is 2. The lowest BCUT2D eigenvalue weighted by Gasteiger charge is -2.14. The molecule has 0 aliphatic rings. The maximum absolute atomic E-state index is 11.7. The number of nitrogen functional groups attached to an aromatic ring is 1. The normalized spacial score (nSPS) is 9.82. The van der Waals surface area contributed by atoms with Crippen LogP contribution in [0.1, 0.15) is 63.7 Å². The number of hydrogen-bond donors (Lipinski definition) is 7. The number of aromatic hydroxyl groups is 4. The van der Waals surface area contributed by atoms with Gasteiger partial charge in [0.15, 0.2) is 5.75 Å². The molecule has 4 aromatic rings. The lowest BCUT2D eigenvalue weighted by Crippen LogP contribution is -2.22. The molecule has 0 saturated heterocycles. The summed E-state index contributed by atoms with van der Waals surface area (Å²) in [5.41, 5.74) is 6.52.